The van der Waals surface area contributed by atoms with Gasteiger partial charge in [0.1, 0.15) is 23.0 Å². The summed E-state index contributed by atoms with van der Waals surface area (Å²) in [6.07, 6.45) is 1.43. The van der Waals surface area contributed by atoms with Crippen molar-refractivity contribution in [2.75, 3.05) is 7.05 Å². The van der Waals surface area contributed by atoms with E-state index in [9.17, 15) is 18.8 Å². The van der Waals surface area contributed by atoms with Gasteiger partial charge >= 0.3 is 0 Å². The van der Waals surface area contributed by atoms with Gasteiger partial charge in [0.05, 0.1) is 0 Å². The molecular formula is C21H17FN4O4. The molecule has 3 rings (SSSR count). The Morgan fingerprint density at radius 1 is 0.833 bits per heavy atom. The van der Waals surface area contributed by atoms with Crippen LogP contribution in [0.3, 0.4) is 0 Å². The monoisotopic (exact) mass is 408 g/mol. The Hall–Kier alpha value is -4.27. The lowest BCUT2D eigenvalue weighted by Gasteiger charge is -2.10. The van der Waals surface area contributed by atoms with Crippen molar-refractivity contribution in [1.29, 1.82) is 0 Å². The number of rotatable bonds is 5. The summed E-state index contributed by atoms with van der Waals surface area (Å²) in [6.45, 7) is 0. The highest BCUT2D eigenvalue weighted by Gasteiger charge is 2.11. The van der Waals surface area contributed by atoms with Gasteiger partial charge in [0, 0.05) is 30.4 Å². The van der Waals surface area contributed by atoms with Crippen LogP contribution >= 0.6 is 0 Å². The zero-order chi connectivity index (χ0) is 21.5. The van der Waals surface area contributed by atoms with Crippen molar-refractivity contribution < 1.29 is 23.5 Å². The summed E-state index contributed by atoms with van der Waals surface area (Å²) in [5, 5.41) is 2.47. The normalized spacial score (nSPS) is 10.1. The van der Waals surface area contributed by atoms with Crippen molar-refractivity contribution in [2.45, 2.75) is 0 Å². The molecule has 9 heteroatoms. The molecule has 0 spiro atoms. The third-order valence-corrected chi connectivity index (χ3v) is 3.92. The molecule has 0 unspecified atom stereocenters. The van der Waals surface area contributed by atoms with E-state index >= 15 is 0 Å². The number of pyridine rings is 1. The number of nitrogens with zero attached hydrogens (tertiary/aromatic N) is 1. The number of carbonyl (C=O) groups excluding carboxylic acids is 3. The summed E-state index contributed by atoms with van der Waals surface area (Å²) in [4.78, 5) is 39.9. The van der Waals surface area contributed by atoms with Crippen LogP contribution < -0.4 is 20.9 Å². The molecule has 0 aliphatic carbocycles. The average Bonchev–Trinajstić information content (AvgIpc) is 2.77. The smallest absolute Gasteiger partial charge is 0.269 e. The number of amides is 3. The van der Waals surface area contributed by atoms with Crippen LogP contribution in [0.5, 0.6) is 11.5 Å². The fraction of sp³-hybridized carbons (Fsp3) is 0.0476. The minimum Gasteiger partial charge on any atom is -0.457 e. The Labute approximate surface area is 171 Å². The lowest BCUT2D eigenvalue weighted by Crippen LogP contribution is -2.41. The van der Waals surface area contributed by atoms with Crippen LogP contribution in [0.1, 0.15) is 31.2 Å². The second-order valence-corrected chi connectivity index (χ2v) is 6.00. The molecule has 3 aromatic rings. The zero-order valence-electron chi connectivity index (χ0n) is 15.8. The molecule has 3 N–H and O–H groups in total. The summed E-state index contributed by atoms with van der Waals surface area (Å²) >= 11 is 0. The fourth-order valence-corrected chi connectivity index (χ4v) is 2.42. The first-order chi connectivity index (χ1) is 14.5. The summed E-state index contributed by atoms with van der Waals surface area (Å²) in [5.74, 6) is -1.27. The molecule has 2 aromatic carbocycles. The van der Waals surface area contributed by atoms with Gasteiger partial charge in [-0.25, -0.2) is 4.39 Å². The maximum atomic E-state index is 12.9. The average molecular weight is 408 g/mol. The Balaban J connectivity index is 1.64. The molecule has 8 nitrogen and oxygen atoms in total. The van der Waals surface area contributed by atoms with E-state index in [-0.39, 0.29) is 22.7 Å². The molecule has 1 heterocycles. The van der Waals surface area contributed by atoms with Gasteiger partial charge in [-0.05, 0) is 48.5 Å². The van der Waals surface area contributed by atoms with E-state index in [1.165, 1.54) is 43.6 Å². The van der Waals surface area contributed by atoms with Gasteiger partial charge in [0.2, 0.25) is 0 Å². The van der Waals surface area contributed by atoms with E-state index in [0.717, 1.165) is 12.1 Å². The third kappa shape index (κ3) is 5.16. The Bertz CT molecular complexity index is 1090. The first-order valence-electron chi connectivity index (χ1n) is 8.78. The first-order valence-corrected chi connectivity index (χ1v) is 8.78. The highest BCUT2D eigenvalue weighted by Crippen LogP contribution is 2.22. The van der Waals surface area contributed by atoms with Gasteiger partial charge in [-0.2, -0.15) is 0 Å². The molecular weight excluding hydrogens is 391 g/mol. The molecule has 0 saturated heterocycles. The molecule has 30 heavy (non-hydrogen) atoms. The Kier molecular flexibility index (Phi) is 6.33. The first kappa shape index (κ1) is 20.5. The van der Waals surface area contributed by atoms with Crippen LogP contribution in [0.15, 0.2) is 66.9 Å². The van der Waals surface area contributed by atoms with Gasteiger partial charge in [-0.1, -0.05) is 6.07 Å². The number of aromatic nitrogens is 1. The molecule has 0 fully saturated rings. The molecule has 0 aliphatic rings. The number of benzene rings is 2. The minimum atomic E-state index is -0.589. The third-order valence-electron chi connectivity index (χ3n) is 3.92. The predicted octanol–water partition coefficient (Wildman–Crippen LogP) is 2.45. The quantitative estimate of drug-likeness (QED) is 0.562. The maximum Gasteiger partial charge on any atom is 0.269 e. The molecule has 152 valence electrons. The Morgan fingerprint density at radius 2 is 1.50 bits per heavy atom. The van der Waals surface area contributed by atoms with Crippen LogP contribution in [0.4, 0.5) is 4.39 Å². The van der Waals surface area contributed by atoms with Crippen molar-refractivity contribution in [3.8, 4) is 11.5 Å². The number of hydrazine groups is 1. The van der Waals surface area contributed by atoms with E-state index in [1.807, 2.05) is 0 Å². The van der Waals surface area contributed by atoms with Crippen molar-refractivity contribution in [3.63, 3.8) is 0 Å². The van der Waals surface area contributed by atoms with Crippen molar-refractivity contribution in [2.24, 2.45) is 0 Å². The largest absolute Gasteiger partial charge is 0.457 e. The number of ether oxygens (including phenoxy) is 1. The van der Waals surface area contributed by atoms with Gasteiger partial charge in [-0.3, -0.25) is 30.2 Å². The summed E-state index contributed by atoms with van der Waals surface area (Å²) in [5.41, 5.74) is 5.15. The van der Waals surface area contributed by atoms with Crippen molar-refractivity contribution in [3.05, 3.63) is 89.5 Å². The van der Waals surface area contributed by atoms with E-state index < -0.39 is 17.6 Å². The lowest BCUT2D eigenvalue weighted by atomic mass is 10.2. The number of nitrogens with one attached hydrogen (secondary N) is 3. The van der Waals surface area contributed by atoms with E-state index in [4.69, 9.17) is 4.74 Å². The molecule has 0 bridgehead atoms. The maximum absolute atomic E-state index is 12.9. The molecule has 1 aromatic heterocycles. The zero-order valence-corrected chi connectivity index (χ0v) is 15.8. The summed E-state index contributed by atoms with van der Waals surface area (Å²) < 4.78 is 18.6. The van der Waals surface area contributed by atoms with Gasteiger partial charge in [-0.15, -0.1) is 0 Å². The lowest BCUT2D eigenvalue weighted by molar-refractivity contribution is 0.0846. The highest BCUT2D eigenvalue weighted by atomic mass is 19.1. The molecule has 0 saturated carbocycles. The highest BCUT2D eigenvalue weighted by molar-refractivity contribution is 5.99. The van der Waals surface area contributed by atoms with Crippen LogP contribution in [0.25, 0.3) is 0 Å². The number of hydrogen-bond acceptors (Lipinski definition) is 5. The van der Waals surface area contributed by atoms with Crippen molar-refractivity contribution >= 4 is 17.7 Å². The summed E-state index contributed by atoms with van der Waals surface area (Å²) in [6, 6.07) is 14.2. The molecule has 0 aliphatic heterocycles. The van der Waals surface area contributed by atoms with E-state index in [2.05, 4.69) is 21.2 Å². The number of halogens is 1. The SMILES string of the molecule is CNC(=O)c1cc(Oc2cccc(C(=O)NNC(=O)c3ccc(F)cc3)c2)ccn1. The van der Waals surface area contributed by atoms with Crippen LogP contribution in [-0.4, -0.2) is 29.8 Å². The van der Waals surface area contributed by atoms with Crippen LogP contribution in [0.2, 0.25) is 0 Å². The predicted molar refractivity (Wildman–Crippen MR) is 105 cm³/mol. The molecule has 3 amide bonds. The standard InChI is InChI=1S/C21H17FN4O4/c1-23-21(29)18-12-17(9-10-24-18)30-16-4-2-3-14(11-16)20(28)26-25-19(27)13-5-7-15(22)8-6-13/h2-12H,1H3,(H,23,29)(H,25,27)(H,26,28). The van der Waals surface area contributed by atoms with Gasteiger partial charge in [0.25, 0.3) is 17.7 Å². The number of carbonyl (C=O) groups is 3. The van der Waals surface area contributed by atoms with Gasteiger partial charge in [0.15, 0.2) is 0 Å². The molecule has 0 atom stereocenters. The van der Waals surface area contributed by atoms with Gasteiger partial charge < -0.3 is 10.1 Å². The van der Waals surface area contributed by atoms with E-state index in [0.29, 0.717) is 11.5 Å². The van der Waals surface area contributed by atoms with E-state index in [1.54, 1.807) is 18.2 Å². The Morgan fingerprint density at radius 3 is 2.20 bits per heavy atom. The second kappa shape index (κ2) is 9.28. The van der Waals surface area contributed by atoms with Crippen LogP contribution in [0, 0.1) is 5.82 Å². The van der Waals surface area contributed by atoms with Crippen molar-refractivity contribution in [1.82, 2.24) is 21.2 Å². The summed E-state index contributed by atoms with van der Waals surface area (Å²) in [7, 11) is 1.49. The molecule has 0 radical (unpaired) electrons. The van der Waals surface area contributed by atoms with Crippen LogP contribution in [-0.2, 0) is 0 Å². The fourth-order valence-electron chi connectivity index (χ4n) is 2.42. The second-order valence-electron chi connectivity index (χ2n) is 6.00. The topological polar surface area (TPSA) is 109 Å². The minimum absolute atomic E-state index is 0.187. The number of hydrogen-bond donors (Lipinski definition) is 3.